The number of hydrogen-bond acceptors (Lipinski definition) is 3. The molecule has 1 N–H and O–H groups in total. The number of piperidine rings is 1. The van der Waals surface area contributed by atoms with E-state index in [2.05, 4.69) is 4.89 Å². The van der Waals surface area contributed by atoms with Crippen molar-refractivity contribution in [2.75, 3.05) is 13.1 Å². The van der Waals surface area contributed by atoms with Gasteiger partial charge in [-0.1, -0.05) is 11.3 Å². The Morgan fingerprint density at radius 3 is 2.13 bits per heavy atom. The lowest BCUT2D eigenvalue weighted by molar-refractivity contribution is -0.0383. The zero-order chi connectivity index (χ0) is 11.5. The topological polar surface area (TPSA) is 58.6 Å². The Bertz CT molecular complexity index is 289. The van der Waals surface area contributed by atoms with Gasteiger partial charge in [0.25, 0.3) is 0 Å². The molecule has 0 aromatic heterocycles. The van der Waals surface area contributed by atoms with Crippen LogP contribution in [-0.2, 0) is 15.0 Å². The lowest BCUT2D eigenvalue weighted by Gasteiger charge is -2.27. The Balaban J connectivity index is 2.51. The molecule has 0 bridgehead atoms. The van der Waals surface area contributed by atoms with Crippen LogP contribution < -0.4 is 4.89 Å². The third-order valence-electron chi connectivity index (χ3n) is 2.11. The van der Waals surface area contributed by atoms with Crippen LogP contribution in [0.3, 0.4) is 0 Å². The molecule has 0 spiro atoms. The van der Waals surface area contributed by atoms with E-state index in [0.717, 1.165) is 19.3 Å². The smallest absolute Gasteiger partial charge is 0.280 e. The molecule has 1 rings (SSSR count). The average molecular weight is 236 g/mol. The Labute approximate surface area is 91.9 Å². The van der Waals surface area contributed by atoms with E-state index in [0.29, 0.717) is 13.1 Å². The van der Waals surface area contributed by atoms with Gasteiger partial charge in [-0.15, -0.1) is 0 Å². The highest BCUT2D eigenvalue weighted by Gasteiger charge is 2.25. The van der Waals surface area contributed by atoms with E-state index in [1.54, 1.807) is 20.8 Å². The van der Waals surface area contributed by atoms with Gasteiger partial charge in [-0.2, -0.15) is 12.7 Å². The van der Waals surface area contributed by atoms with Crippen LogP contribution in [0.25, 0.3) is 0 Å². The van der Waals surface area contributed by atoms with E-state index in [1.165, 1.54) is 4.31 Å². The predicted octanol–water partition coefficient (Wildman–Crippen LogP) is 1.04. The molecule has 6 heteroatoms. The maximum absolute atomic E-state index is 11.7. The molecule has 1 fully saturated rings. The quantitative estimate of drug-likeness (QED) is 0.745. The summed E-state index contributed by atoms with van der Waals surface area (Å²) in [6, 6.07) is 0. The maximum atomic E-state index is 11.7. The number of rotatable bonds is 3. The first-order valence-electron chi connectivity index (χ1n) is 5.26. The largest absolute Gasteiger partial charge is 0.301 e. The molecule has 0 radical (unpaired) electrons. The molecule has 5 nitrogen and oxygen atoms in total. The first-order chi connectivity index (χ1) is 6.81. The standard InChI is InChI=1S/C9H20N2O3S/c1-9(2,3)14-10-15(12,13)11-7-5-4-6-8-11/h10H,4-8H2,1-3H3. The van der Waals surface area contributed by atoms with Gasteiger partial charge in [0, 0.05) is 13.1 Å². The second-order valence-corrected chi connectivity index (χ2v) is 6.40. The molecule has 1 heterocycles. The Morgan fingerprint density at radius 2 is 1.67 bits per heavy atom. The summed E-state index contributed by atoms with van der Waals surface area (Å²) >= 11 is 0. The molecule has 0 amide bonds. The first-order valence-corrected chi connectivity index (χ1v) is 6.70. The highest BCUT2D eigenvalue weighted by molar-refractivity contribution is 7.87. The van der Waals surface area contributed by atoms with Gasteiger partial charge in [-0.25, -0.2) is 0 Å². The molecule has 15 heavy (non-hydrogen) atoms. The van der Waals surface area contributed by atoms with Crippen LogP contribution in [0, 0.1) is 0 Å². The van der Waals surface area contributed by atoms with Crippen molar-refractivity contribution in [1.82, 2.24) is 9.19 Å². The summed E-state index contributed by atoms with van der Waals surface area (Å²) in [6.07, 6.45) is 2.96. The summed E-state index contributed by atoms with van der Waals surface area (Å²) in [6.45, 7) is 6.56. The van der Waals surface area contributed by atoms with E-state index >= 15 is 0 Å². The van der Waals surface area contributed by atoms with E-state index in [9.17, 15) is 8.42 Å². The van der Waals surface area contributed by atoms with Gasteiger partial charge < -0.3 is 0 Å². The Kier molecular flexibility index (Phi) is 4.11. The normalized spacial score (nSPS) is 20.5. The van der Waals surface area contributed by atoms with Crippen LogP contribution >= 0.6 is 0 Å². The van der Waals surface area contributed by atoms with Crippen molar-refractivity contribution >= 4 is 10.2 Å². The minimum atomic E-state index is -3.46. The van der Waals surface area contributed by atoms with Crippen molar-refractivity contribution in [2.24, 2.45) is 0 Å². The van der Waals surface area contributed by atoms with Crippen molar-refractivity contribution in [1.29, 1.82) is 0 Å². The molecule has 1 aliphatic rings. The predicted molar refractivity (Wildman–Crippen MR) is 58.3 cm³/mol. The third kappa shape index (κ3) is 4.46. The summed E-state index contributed by atoms with van der Waals surface area (Å²) < 4.78 is 24.9. The van der Waals surface area contributed by atoms with Gasteiger partial charge in [0.15, 0.2) is 0 Å². The lowest BCUT2D eigenvalue weighted by Crippen LogP contribution is -2.45. The van der Waals surface area contributed by atoms with Crippen molar-refractivity contribution in [3.8, 4) is 0 Å². The van der Waals surface area contributed by atoms with Gasteiger partial charge in [0.1, 0.15) is 0 Å². The molecule has 1 aliphatic heterocycles. The number of nitrogens with one attached hydrogen (secondary N) is 1. The van der Waals surface area contributed by atoms with Gasteiger partial charge in [0.05, 0.1) is 5.60 Å². The SMILES string of the molecule is CC(C)(C)ONS(=O)(=O)N1CCCCC1. The molecule has 0 aromatic carbocycles. The molecule has 0 saturated carbocycles. The molecule has 0 atom stereocenters. The van der Waals surface area contributed by atoms with Gasteiger partial charge in [-0.05, 0) is 33.6 Å². The Hall–Kier alpha value is -0.170. The highest BCUT2D eigenvalue weighted by atomic mass is 32.2. The van der Waals surface area contributed by atoms with Crippen LogP contribution in [0.2, 0.25) is 0 Å². The zero-order valence-electron chi connectivity index (χ0n) is 9.62. The summed E-state index contributed by atoms with van der Waals surface area (Å²) in [4.78, 5) is 7.23. The lowest BCUT2D eigenvalue weighted by atomic mass is 10.2. The van der Waals surface area contributed by atoms with Crippen LogP contribution in [0.15, 0.2) is 0 Å². The monoisotopic (exact) mass is 236 g/mol. The minimum absolute atomic E-state index is 0.511. The fourth-order valence-electron chi connectivity index (χ4n) is 1.34. The fourth-order valence-corrected chi connectivity index (χ4v) is 2.54. The molecular weight excluding hydrogens is 216 g/mol. The van der Waals surface area contributed by atoms with Crippen molar-refractivity contribution < 1.29 is 13.3 Å². The molecule has 0 unspecified atom stereocenters. The molecule has 1 saturated heterocycles. The summed E-state index contributed by atoms with van der Waals surface area (Å²) in [5, 5.41) is 0. The van der Waals surface area contributed by atoms with Crippen molar-refractivity contribution in [3.05, 3.63) is 0 Å². The molecular formula is C9H20N2O3S. The second kappa shape index (κ2) is 4.78. The molecule has 90 valence electrons. The number of hydrogen-bond donors (Lipinski definition) is 1. The first kappa shape index (κ1) is 12.9. The van der Waals surface area contributed by atoms with Gasteiger partial charge in [-0.3, -0.25) is 4.84 Å². The van der Waals surface area contributed by atoms with Crippen LogP contribution in [0.1, 0.15) is 40.0 Å². The third-order valence-corrected chi connectivity index (χ3v) is 3.45. The number of nitrogens with zero attached hydrogens (tertiary/aromatic N) is 1. The van der Waals surface area contributed by atoms with E-state index < -0.39 is 15.8 Å². The Morgan fingerprint density at radius 1 is 1.13 bits per heavy atom. The molecule has 0 aliphatic carbocycles. The summed E-state index contributed by atoms with van der Waals surface area (Å²) in [7, 11) is -3.46. The average Bonchev–Trinajstić information content (AvgIpc) is 2.16. The van der Waals surface area contributed by atoms with Gasteiger partial charge >= 0.3 is 10.2 Å². The van der Waals surface area contributed by atoms with E-state index in [-0.39, 0.29) is 0 Å². The van der Waals surface area contributed by atoms with E-state index in [1.807, 2.05) is 0 Å². The minimum Gasteiger partial charge on any atom is -0.280 e. The van der Waals surface area contributed by atoms with Crippen molar-refractivity contribution in [2.45, 2.75) is 45.6 Å². The molecule has 0 aromatic rings. The van der Waals surface area contributed by atoms with Crippen molar-refractivity contribution in [3.63, 3.8) is 0 Å². The summed E-state index contributed by atoms with van der Waals surface area (Å²) in [5.41, 5.74) is -0.511. The van der Waals surface area contributed by atoms with E-state index in [4.69, 9.17) is 4.84 Å². The second-order valence-electron chi connectivity index (χ2n) is 4.76. The summed E-state index contributed by atoms with van der Waals surface area (Å²) in [5.74, 6) is 0. The highest BCUT2D eigenvalue weighted by Crippen LogP contribution is 2.13. The zero-order valence-corrected chi connectivity index (χ0v) is 10.4. The fraction of sp³-hybridized carbons (Fsp3) is 1.00. The van der Waals surface area contributed by atoms with Crippen LogP contribution in [-0.4, -0.2) is 31.4 Å². The van der Waals surface area contributed by atoms with Gasteiger partial charge in [0.2, 0.25) is 0 Å². The van der Waals surface area contributed by atoms with Crippen LogP contribution in [0.4, 0.5) is 0 Å². The van der Waals surface area contributed by atoms with Crippen LogP contribution in [0.5, 0.6) is 0 Å². The maximum Gasteiger partial charge on any atom is 0.301 e.